The van der Waals surface area contributed by atoms with Gasteiger partial charge in [-0.1, -0.05) is 48.5 Å². The molecule has 6 nitrogen and oxygen atoms in total. The van der Waals surface area contributed by atoms with Gasteiger partial charge >= 0.3 is 0 Å². The Morgan fingerprint density at radius 2 is 1.69 bits per heavy atom. The fraction of sp³-hybridized carbons (Fsp3) is 0.103. The molecule has 7 heteroatoms. The number of methoxy groups -OCH3 is 2. The first-order chi connectivity index (χ1) is 17.6. The molecular weight excluding hydrogens is 472 g/mol. The van der Waals surface area contributed by atoms with Crippen LogP contribution in [0.2, 0.25) is 0 Å². The molecule has 0 atom stereocenters. The fourth-order valence-electron chi connectivity index (χ4n) is 3.88. The maximum Gasteiger partial charge on any atom is 0.264 e. The van der Waals surface area contributed by atoms with Crippen molar-refractivity contribution in [3.8, 4) is 17.2 Å². The Bertz CT molecular complexity index is 1470. The van der Waals surface area contributed by atoms with Crippen LogP contribution in [0, 0.1) is 0 Å². The van der Waals surface area contributed by atoms with Gasteiger partial charge in [0.25, 0.3) is 5.91 Å². The van der Waals surface area contributed by atoms with Crippen LogP contribution >= 0.6 is 11.8 Å². The molecule has 0 radical (unpaired) electrons. The Hall–Kier alpha value is -4.23. The van der Waals surface area contributed by atoms with Gasteiger partial charge in [-0.2, -0.15) is 0 Å². The Kier molecular flexibility index (Phi) is 6.91. The van der Waals surface area contributed by atoms with Gasteiger partial charge in [-0.15, -0.1) is 0 Å². The lowest BCUT2D eigenvalue weighted by atomic mass is 10.1. The van der Waals surface area contributed by atoms with Crippen molar-refractivity contribution >= 4 is 45.4 Å². The second kappa shape index (κ2) is 10.6. The number of benzene rings is 4. The molecule has 0 unspecified atom stereocenters. The zero-order valence-corrected chi connectivity index (χ0v) is 20.7. The number of ether oxygens (including phenoxy) is 3. The Morgan fingerprint density at radius 3 is 2.50 bits per heavy atom. The molecule has 1 fully saturated rings. The number of thioether (sulfide) groups is 1. The first-order valence-electron chi connectivity index (χ1n) is 11.3. The van der Waals surface area contributed by atoms with Crippen LogP contribution in [0.25, 0.3) is 16.8 Å². The second-order valence-electron chi connectivity index (χ2n) is 8.02. The van der Waals surface area contributed by atoms with Gasteiger partial charge in [0, 0.05) is 0 Å². The molecule has 5 rings (SSSR count). The highest BCUT2D eigenvalue weighted by atomic mass is 32.2. The maximum atomic E-state index is 12.6. The van der Waals surface area contributed by atoms with Crippen molar-refractivity contribution in [3.05, 3.63) is 101 Å². The highest BCUT2D eigenvalue weighted by Crippen LogP contribution is 2.33. The molecule has 0 bridgehead atoms. The normalized spacial score (nSPS) is 15.3. The number of rotatable bonds is 7. The van der Waals surface area contributed by atoms with Gasteiger partial charge in [0.2, 0.25) is 0 Å². The number of hydrogen-bond acceptors (Lipinski definition) is 6. The Balaban J connectivity index is 1.35. The molecule has 1 aliphatic rings. The number of carbonyl (C=O) groups is 1. The van der Waals surface area contributed by atoms with Gasteiger partial charge in [-0.05, 0) is 76.1 Å². The van der Waals surface area contributed by atoms with E-state index >= 15 is 0 Å². The molecule has 0 aromatic heterocycles. The van der Waals surface area contributed by atoms with Crippen molar-refractivity contribution < 1.29 is 19.0 Å². The summed E-state index contributed by atoms with van der Waals surface area (Å²) < 4.78 is 16.9. The summed E-state index contributed by atoms with van der Waals surface area (Å²) >= 11 is 1.29. The second-order valence-corrected chi connectivity index (χ2v) is 9.05. The van der Waals surface area contributed by atoms with E-state index in [1.165, 1.54) is 17.1 Å². The van der Waals surface area contributed by atoms with Crippen LogP contribution in [0.3, 0.4) is 0 Å². The molecule has 0 saturated carbocycles. The molecule has 1 N–H and O–H groups in total. The highest BCUT2D eigenvalue weighted by molar-refractivity contribution is 8.18. The Labute approximate surface area is 213 Å². The van der Waals surface area contributed by atoms with E-state index in [1.807, 2.05) is 66.7 Å². The van der Waals surface area contributed by atoms with Crippen molar-refractivity contribution in [2.75, 3.05) is 14.2 Å². The number of nitrogens with one attached hydrogen (secondary N) is 1. The number of amides is 1. The summed E-state index contributed by atoms with van der Waals surface area (Å²) in [6.07, 6.45) is 1.82. The zero-order chi connectivity index (χ0) is 24.9. The molecular formula is C29H24N2O4S. The van der Waals surface area contributed by atoms with Crippen LogP contribution in [0.15, 0.2) is 94.8 Å². The number of carbonyl (C=O) groups excluding carboxylic acids is 1. The number of nitrogens with zero attached hydrogens (tertiary/aromatic N) is 1. The quantitative estimate of drug-likeness (QED) is 0.303. The summed E-state index contributed by atoms with van der Waals surface area (Å²) in [6, 6.07) is 27.3. The number of aliphatic imine (C=N–C) groups is 1. The monoisotopic (exact) mass is 496 g/mol. The van der Waals surface area contributed by atoms with Gasteiger partial charge in [-0.3, -0.25) is 4.79 Å². The van der Waals surface area contributed by atoms with Crippen LogP contribution in [-0.4, -0.2) is 25.3 Å². The third-order valence-corrected chi connectivity index (χ3v) is 6.61. The van der Waals surface area contributed by atoms with Gasteiger partial charge < -0.3 is 19.5 Å². The topological polar surface area (TPSA) is 69.2 Å². The summed E-state index contributed by atoms with van der Waals surface area (Å²) in [4.78, 5) is 17.6. The van der Waals surface area contributed by atoms with E-state index in [0.29, 0.717) is 28.2 Å². The lowest BCUT2D eigenvalue weighted by molar-refractivity contribution is -0.115. The number of hydrogen-bond donors (Lipinski definition) is 1. The summed E-state index contributed by atoms with van der Waals surface area (Å²) in [5, 5.41) is 5.67. The molecule has 4 aromatic carbocycles. The van der Waals surface area contributed by atoms with Crippen LogP contribution in [0.4, 0.5) is 5.69 Å². The summed E-state index contributed by atoms with van der Waals surface area (Å²) in [6.45, 7) is 0.394. The lowest BCUT2D eigenvalue weighted by Gasteiger charge is -2.13. The molecule has 1 saturated heterocycles. The molecule has 1 amide bonds. The van der Waals surface area contributed by atoms with Gasteiger partial charge in [0.15, 0.2) is 16.7 Å². The minimum absolute atomic E-state index is 0.193. The smallest absolute Gasteiger partial charge is 0.264 e. The molecule has 4 aromatic rings. The van der Waals surface area contributed by atoms with E-state index in [1.54, 1.807) is 14.2 Å². The molecule has 36 heavy (non-hydrogen) atoms. The van der Waals surface area contributed by atoms with Crippen LogP contribution < -0.4 is 19.5 Å². The minimum Gasteiger partial charge on any atom is -0.497 e. The third kappa shape index (κ3) is 5.21. The average molecular weight is 497 g/mol. The van der Waals surface area contributed by atoms with E-state index in [4.69, 9.17) is 14.2 Å². The summed E-state index contributed by atoms with van der Waals surface area (Å²) in [5.41, 5.74) is 2.64. The lowest BCUT2D eigenvalue weighted by Crippen LogP contribution is -2.19. The van der Waals surface area contributed by atoms with Crippen molar-refractivity contribution in [3.63, 3.8) is 0 Å². The standard InChI is InChI=1S/C29H24N2O4S/c1-33-23-13-11-22(12-14-23)30-29-31-28(32)27(36-29)17-19-10-15-25(34-2)26(16-19)35-18-21-8-5-7-20-6-3-4-9-24(20)21/h3-17H,18H2,1-2H3,(H,30,31,32)/b27-17-. The van der Waals surface area contributed by atoms with Crippen molar-refractivity contribution in [2.45, 2.75) is 6.61 Å². The highest BCUT2D eigenvalue weighted by Gasteiger charge is 2.24. The van der Waals surface area contributed by atoms with Crippen molar-refractivity contribution in [1.29, 1.82) is 0 Å². The van der Waals surface area contributed by atoms with E-state index in [0.717, 1.165) is 28.0 Å². The van der Waals surface area contributed by atoms with Crippen LogP contribution in [-0.2, 0) is 11.4 Å². The van der Waals surface area contributed by atoms with Gasteiger partial charge in [0.05, 0.1) is 24.8 Å². The zero-order valence-electron chi connectivity index (χ0n) is 19.9. The first-order valence-corrected chi connectivity index (χ1v) is 12.2. The average Bonchev–Trinajstić information content (AvgIpc) is 3.25. The van der Waals surface area contributed by atoms with Gasteiger partial charge in [0.1, 0.15) is 12.4 Å². The first kappa shape index (κ1) is 23.5. The van der Waals surface area contributed by atoms with E-state index in [2.05, 4.69) is 34.6 Å². The molecule has 180 valence electrons. The molecule has 1 heterocycles. The van der Waals surface area contributed by atoms with Crippen molar-refractivity contribution in [2.24, 2.45) is 4.99 Å². The van der Waals surface area contributed by atoms with E-state index < -0.39 is 0 Å². The van der Waals surface area contributed by atoms with Gasteiger partial charge in [-0.25, -0.2) is 4.99 Å². The summed E-state index contributed by atoms with van der Waals surface area (Å²) in [7, 11) is 3.23. The molecule has 1 aliphatic heterocycles. The SMILES string of the molecule is COc1ccc(N=C2NC(=O)/C(=C/c3ccc(OC)c(OCc4cccc5ccccc45)c3)S2)cc1. The number of fused-ring (bicyclic) bond motifs is 1. The maximum absolute atomic E-state index is 12.6. The molecule has 0 spiro atoms. The fourth-order valence-corrected chi connectivity index (χ4v) is 4.72. The third-order valence-electron chi connectivity index (χ3n) is 5.70. The summed E-state index contributed by atoms with van der Waals surface area (Å²) in [5.74, 6) is 1.79. The Morgan fingerprint density at radius 1 is 0.889 bits per heavy atom. The van der Waals surface area contributed by atoms with E-state index in [9.17, 15) is 4.79 Å². The minimum atomic E-state index is -0.193. The van der Waals surface area contributed by atoms with Crippen LogP contribution in [0.1, 0.15) is 11.1 Å². The van der Waals surface area contributed by atoms with E-state index in [-0.39, 0.29) is 5.91 Å². The van der Waals surface area contributed by atoms with Crippen molar-refractivity contribution in [1.82, 2.24) is 5.32 Å². The number of amidine groups is 1. The predicted octanol–water partition coefficient (Wildman–Crippen LogP) is 6.33. The largest absolute Gasteiger partial charge is 0.497 e. The molecule has 0 aliphatic carbocycles. The van der Waals surface area contributed by atoms with Crippen LogP contribution in [0.5, 0.6) is 17.2 Å². The predicted molar refractivity (Wildman–Crippen MR) is 145 cm³/mol.